The van der Waals surface area contributed by atoms with Crippen molar-refractivity contribution in [3.63, 3.8) is 0 Å². The Kier molecular flexibility index (Phi) is 5.84. The average Bonchev–Trinajstić information content (AvgIpc) is 2.93. The number of carbonyl (C=O) groups excluding carboxylic acids is 1. The number of benzene rings is 2. The third kappa shape index (κ3) is 4.26. The monoisotopic (exact) mass is 399 g/mol. The Morgan fingerprint density at radius 3 is 2.71 bits per heavy atom. The SMILES string of the molecule is CCOC(=O)C1=C(O)/C(=C\c2ccc(O)c(C)c2)SC1=Nc1cccc(F)c1. The number of rotatable bonds is 4. The van der Waals surface area contributed by atoms with E-state index < -0.39 is 11.8 Å². The summed E-state index contributed by atoms with van der Waals surface area (Å²) in [6, 6.07) is 10.6. The first-order valence-electron chi connectivity index (χ1n) is 8.53. The number of aliphatic imine (C=N–C) groups is 1. The maximum Gasteiger partial charge on any atom is 0.344 e. The summed E-state index contributed by atoms with van der Waals surface area (Å²) in [5, 5.41) is 20.5. The Morgan fingerprint density at radius 2 is 2.04 bits per heavy atom. The van der Waals surface area contributed by atoms with Crippen molar-refractivity contribution in [1.82, 2.24) is 0 Å². The van der Waals surface area contributed by atoms with Gasteiger partial charge >= 0.3 is 5.97 Å². The van der Waals surface area contributed by atoms with Crippen molar-refractivity contribution < 1.29 is 24.1 Å². The number of thioether (sulfide) groups is 1. The molecule has 2 aromatic carbocycles. The van der Waals surface area contributed by atoms with Gasteiger partial charge in [0.05, 0.1) is 17.2 Å². The molecule has 0 unspecified atom stereocenters. The van der Waals surface area contributed by atoms with Gasteiger partial charge in [-0.15, -0.1) is 0 Å². The first-order chi connectivity index (χ1) is 13.4. The lowest BCUT2D eigenvalue weighted by Crippen LogP contribution is -2.12. The van der Waals surface area contributed by atoms with Crippen LogP contribution in [0.2, 0.25) is 0 Å². The maximum atomic E-state index is 13.5. The van der Waals surface area contributed by atoms with Crippen molar-refractivity contribution in [2.45, 2.75) is 13.8 Å². The van der Waals surface area contributed by atoms with Gasteiger partial charge in [-0.25, -0.2) is 14.2 Å². The highest BCUT2D eigenvalue weighted by molar-refractivity contribution is 8.18. The van der Waals surface area contributed by atoms with Crippen LogP contribution in [0.25, 0.3) is 6.08 Å². The number of phenolic OH excluding ortho intramolecular Hbond substituents is 1. The maximum absolute atomic E-state index is 13.5. The summed E-state index contributed by atoms with van der Waals surface area (Å²) in [6.45, 7) is 3.57. The summed E-state index contributed by atoms with van der Waals surface area (Å²) in [4.78, 5) is 17.1. The molecule has 28 heavy (non-hydrogen) atoms. The van der Waals surface area contributed by atoms with Crippen LogP contribution in [0.1, 0.15) is 18.1 Å². The molecule has 1 aliphatic rings. The first kappa shape index (κ1) is 19.7. The molecule has 3 rings (SSSR count). The summed E-state index contributed by atoms with van der Waals surface area (Å²) in [7, 11) is 0. The van der Waals surface area contributed by atoms with Crippen LogP contribution in [0.3, 0.4) is 0 Å². The van der Waals surface area contributed by atoms with E-state index in [0.717, 1.165) is 17.3 Å². The lowest BCUT2D eigenvalue weighted by atomic mass is 10.1. The summed E-state index contributed by atoms with van der Waals surface area (Å²) < 4.78 is 18.5. The van der Waals surface area contributed by atoms with E-state index in [-0.39, 0.29) is 28.7 Å². The molecule has 0 amide bonds. The fourth-order valence-electron chi connectivity index (χ4n) is 2.57. The Labute approximate surface area is 165 Å². The van der Waals surface area contributed by atoms with Gasteiger partial charge in [0.1, 0.15) is 27.9 Å². The molecule has 1 heterocycles. The van der Waals surface area contributed by atoms with Gasteiger partial charge in [-0.3, -0.25) is 0 Å². The zero-order chi connectivity index (χ0) is 20.3. The first-order valence-corrected chi connectivity index (χ1v) is 9.35. The molecule has 0 aromatic heterocycles. The van der Waals surface area contributed by atoms with Crippen LogP contribution in [-0.2, 0) is 9.53 Å². The lowest BCUT2D eigenvalue weighted by molar-refractivity contribution is -0.138. The molecule has 7 heteroatoms. The van der Waals surface area contributed by atoms with Crippen LogP contribution in [0.5, 0.6) is 5.75 Å². The van der Waals surface area contributed by atoms with E-state index in [9.17, 15) is 19.4 Å². The summed E-state index contributed by atoms with van der Waals surface area (Å²) in [6.07, 6.45) is 1.68. The second kappa shape index (κ2) is 8.31. The molecule has 2 N–H and O–H groups in total. The molecule has 0 radical (unpaired) electrons. The largest absolute Gasteiger partial charge is 0.508 e. The minimum absolute atomic E-state index is 0.0575. The van der Waals surface area contributed by atoms with Crippen LogP contribution < -0.4 is 0 Å². The van der Waals surface area contributed by atoms with Crippen molar-refractivity contribution in [2.24, 2.45) is 4.99 Å². The van der Waals surface area contributed by atoms with Gasteiger partial charge in [-0.05, 0) is 61.4 Å². The molecular weight excluding hydrogens is 381 g/mol. The predicted octanol–water partition coefficient (Wildman–Crippen LogP) is 5.03. The van der Waals surface area contributed by atoms with Gasteiger partial charge in [-0.2, -0.15) is 0 Å². The second-order valence-corrected chi connectivity index (χ2v) is 7.03. The zero-order valence-corrected chi connectivity index (χ0v) is 16.1. The number of aromatic hydroxyl groups is 1. The van der Waals surface area contributed by atoms with Gasteiger partial charge in [0, 0.05) is 0 Å². The molecule has 0 atom stereocenters. The van der Waals surface area contributed by atoms with E-state index in [4.69, 9.17) is 4.74 Å². The number of aryl methyl sites for hydroxylation is 1. The molecule has 0 saturated carbocycles. The van der Waals surface area contributed by atoms with Crippen molar-refractivity contribution >= 4 is 34.5 Å². The second-order valence-electron chi connectivity index (χ2n) is 6.00. The van der Waals surface area contributed by atoms with Gasteiger partial charge in [0.15, 0.2) is 0 Å². The van der Waals surface area contributed by atoms with Crippen LogP contribution >= 0.6 is 11.8 Å². The number of hydrogen-bond donors (Lipinski definition) is 2. The van der Waals surface area contributed by atoms with Crippen molar-refractivity contribution in [3.8, 4) is 5.75 Å². The number of halogens is 1. The normalized spacial score (nSPS) is 16.8. The topological polar surface area (TPSA) is 79.1 Å². The number of esters is 1. The van der Waals surface area contributed by atoms with E-state index >= 15 is 0 Å². The molecule has 0 fully saturated rings. The highest BCUT2D eigenvalue weighted by Gasteiger charge is 2.33. The Bertz CT molecular complexity index is 1030. The van der Waals surface area contributed by atoms with E-state index in [0.29, 0.717) is 16.2 Å². The third-order valence-electron chi connectivity index (χ3n) is 3.93. The van der Waals surface area contributed by atoms with E-state index in [1.165, 1.54) is 18.2 Å². The zero-order valence-electron chi connectivity index (χ0n) is 15.3. The molecule has 2 aromatic rings. The standard InChI is InChI=1S/C21H18FNO4S/c1-3-27-21(26)18-19(25)17(10-13-7-8-16(24)12(2)9-13)28-20(18)23-15-6-4-5-14(22)11-15/h4-11,24-25H,3H2,1-2H3/b17-10+,23-20?. The minimum Gasteiger partial charge on any atom is -0.508 e. The van der Waals surface area contributed by atoms with Crippen LogP contribution in [0.4, 0.5) is 10.1 Å². The molecule has 144 valence electrons. The summed E-state index contributed by atoms with van der Waals surface area (Å²) >= 11 is 1.09. The van der Waals surface area contributed by atoms with Crippen molar-refractivity contribution in [3.05, 3.63) is 75.6 Å². The fourth-order valence-corrected chi connectivity index (χ4v) is 3.61. The highest BCUT2D eigenvalue weighted by atomic mass is 32.2. The molecule has 0 spiro atoms. The Morgan fingerprint density at radius 1 is 1.25 bits per heavy atom. The van der Waals surface area contributed by atoms with Gasteiger partial charge in [0.25, 0.3) is 0 Å². The van der Waals surface area contributed by atoms with Gasteiger partial charge in [0.2, 0.25) is 0 Å². The highest BCUT2D eigenvalue weighted by Crippen LogP contribution is 2.40. The number of phenols is 1. The van der Waals surface area contributed by atoms with Crippen LogP contribution in [-0.4, -0.2) is 27.8 Å². The summed E-state index contributed by atoms with van der Waals surface area (Å²) in [5.74, 6) is -1.23. The van der Waals surface area contributed by atoms with E-state index in [1.54, 1.807) is 44.2 Å². The molecule has 1 aliphatic heterocycles. The molecule has 0 saturated heterocycles. The van der Waals surface area contributed by atoms with Gasteiger partial charge in [-0.1, -0.05) is 23.9 Å². The van der Waals surface area contributed by atoms with Crippen LogP contribution in [0.15, 0.2) is 63.7 Å². The number of ether oxygens (including phenoxy) is 1. The molecule has 0 bridgehead atoms. The lowest BCUT2D eigenvalue weighted by Gasteiger charge is -2.03. The van der Waals surface area contributed by atoms with Gasteiger partial charge < -0.3 is 14.9 Å². The van der Waals surface area contributed by atoms with Crippen molar-refractivity contribution in [2.75, 3.05) is 6.61 Å². The Balaban J connectivity index is 2.05. The average molecular weight is 399 g/mol. The predicted molar refractivity (Wildman–Crippen MR) is 108 cm³/mol. The number of aliphatic hydroxyl groups excluding tert-OH is 1. The molecule has 0 aliphatic carbocycles. The molecule has 5 nitrogen and oxygen atoms in total. The Hall–Kier alpha value is -3.06. The number of carbonyl (C=O) groups is 1. The quantitative estimate of drug-likeness (QED) is 0.705. The fraction of sp³-hybridized carbons (Fsp3) is 0.143. The summed E-state index contributed by atoms with van der Waals surface area (Å²) in [5.41, 5.74) is 1.68. The number of hydrogen-bond acceptors (Lipinski definition) is 6. The number of aliphatic hydroxyl groups is 1. The van der Waals surface area contributed by atoms with E-state index in [2.05, 4.69) is 4.99 Å². The third-order valence-corrected chi connectivity index (χ3v) is 4.95. The smallest absolute Gasteiger partial charge is 0.344 e. The van der Waals surface area contributed by atoms with E-state index in [1.807, 2.05) is 0 Å². The molecular formula is C21H18FNO4S. The van der Waals surface area contributed by atoms with Crippen LogP contribution in [0, 0.1) is 12.7 Å². The number of nitrogens with zero attached hydrogens (tertiary/aromatic N) is 1. The minimum atomic E-state index is -0.701. The van der Waals surface area contributed by atoms with Crippen molar-refractivity contribution in [1.29, 1.82) is 0 Å².